The van der Waals surface area contributed by atoms with Crippen molar-refractivity contribution >= 4 is 17.3 Å². The van der Waals surface area contributed by atoms with Gasteiger partial charge in [0, 0.05) is 31.4 Å². The average molecular weight is 276 g/mol. The number of benzene rings is 1. The number of anilines is 2. The van der Waals surface area contributed by atoms with Crippen molar-refractivity contribution in [1.29, 1.82) is 0 Å². The molecule has 2 rings (SSSR count). The van der Waals surface area contributed by atoms with Crippen LogP contribution in [-0.2, 0) is 11.8 Å². The van der Waals surface area contributed by atoms with Crippen molar-refractivity contribution < 1.29 is 9.18 Å². The minimum absolute atomic E-state index is 0.0919. The summed E-state index contributed by atoms with van der Waals surface area (Å²) in [5, 5.41) is 9.79. The van der Waals surface area contributed by atoms with E-state index in [0.717, 1.165) is 5.56 Å². The summed E-state index contributed by atoms with van der Waals surface area (Å²) < 4.78 is 15.5. The predicted octanol–water partition coefficient (Wildman–Crippen LogP) is 2.69. The molecule has 0 spiro atoms. The molecule has 0 bridgehead atoms. The van der Waals surface area contributed by atoms with Crippen LogP contribution in [0.4, 0.5) is 15.8 Å². The maximum Gasteiger partial charge on any atom is 0.221 e. The Bertz CT molecular complexity index is 623. The molecule has 1 heterocycles. The quantitative estimate of drug-likeness (QED) is 0.902. The van der Waals surface area contributed by atoms with Crippen molar-refractivity contribution in [3.63, 3.8) is 0 Å². The second-order valence-electron chi connectivity index (χ2n) is 4.69. The molecule has 6 heteroatoms. The first-order valence-electron chi connectivity index (χ1n) is 6.28. The Hall–Kier alpha value is -2.37. The zero-order valence-electron chi connectivity index (χ0n) is 11.6. The zero-order valence-corrected chi connectivity index (χ0v) is 11.6. The molecular formula is C14H17FN4O. The molecular weight excluding hydrogens is 259 g/mol. The van der Waals surface area contributed by atoms with Crippen LogP contribution in [0.5, 0.6) is 0 Å². The summed E-state index contributed by atoms with van der Waals surface area (Å²) in [7, 11) is 1.83. The van der Waals surface area contributed by atoms with Gasteiger partial charge in [0.2, 0.25) is 5.91 Å². The Kier molecular flexibility index (Phi) is 4.02. The number of aryl methyl sites for hydroxylation is 1. The van der Waals surface area contributed by atoms with Crippen LogP contribution in [-0.4, -0.2) is 15.7 Å². The normalized spacial score (nSPS) is 12.0. The summed E-state index contributed by atoms with van der Waals surface area (Å²) in [6.45, 7) is 3.33. The number of amides is 1. The van der Waals surface area contributed by atoms with Gasteiger partial charge >= 0.3 is 0 Å². The van der Waals surface area contributed by atoms with E-state index in [1.54, 1.807) is 16.9 Å². The minimum atomic E-state index is -0.366. The number of hydrogen-bond donors (Lipinski definition) is 2. The Morgan fingerprint density at radius 1 is 1.45 bits per heavy atom. The molecule has 20 heavy (non-hydrogen) atoms. The fraction of sp³-hybridized carbons (Fsp3) is 0.286. The lowest BCUT2D eigenvalue weighted by Crippen LogP contribution is -2.09. The number of aromatic nitrogens is 2. The third-order valence-corrected chi connectivity index (χ3v) is 2.88. The van der Waals surface area contributed by atoms with Gasteiger partial charge in [-0.05, 0) is 25.1 Å². The molecule has 0 fully saturated rings. The van der Waals surface area contributed by atoms with Gasteiger partial charge in [-0.25, -0.2) is 4.39 Å². The lowest BCUT2D eigenvalue weighted by Gasteiger charge is -2.15. The maximum atomic E-state index is 13.8. The highest BCUT2D eigenvalue weighted by Crippen LogP contribution is 2.24. The van der Waals surface area contributed by atoms with E-state index >= 15 is 0 Å². The molecule has 1 amide bonds. The lowest BCUT2D eigenvalue weighted by molar-refractivity contribution is -0.114. The van der Waals surface area contributed by atoms with E-state index in [-0.39, 0.29) is 17.8 Å². The number of carbonyl (C=O) groups is 1. The third kappa shape index (κ3) is 3.34. The Morgan fingerprint density at radius 3 is 2.80 bits per heavy atom. The largest absolute Gasteiger partial charge is 0.376 e. The van der Waals surface area contributed by atoms with Crippen molar-refractivity contribution in [2.45, 2.75) is 19.9 Å². The first-order chi connectivity index (χ1) is 9.45. The standard InChI is InChI=1S/C14H17FN4O/c1-9(11-7-16-19(3)8-11)17-14-6-12(18-10(2)20)4-5-13(14)15/h4-9,17H,1-3H3,(H,18,20). The first kappa shape index (κ1) is 14.0. The highest BCUT2D eigenvalue weighted by Gasteiger charge is 2.11. The molecule has 0 aliphatic heterocycles. The number of rotatable bonds is 4. The van der Waals surface area contributed by atoms with E-state index in [4.69, 9.17) is 0 Å². The molecule has 0 aliphatic carbocycles. The predicted molar refractivity (Wildman–Crippen MR) is 75.9 cm³/mol. The average Bonchev–Trinajstić information content (AvgIpc) is 2.79. The summed E-state index contributed by atoms with van der Waals surface area (Å²) in [4.78, 5) is 11.0. The van der Waals surface area contributed by atoms with Crippen LogP contribution in [0.15, 0.2) is 30.6 Å². The molecule has 2 aromatic rings. The summed E-state index contributed by atoms with van der Waals surface area (Å²) in [6, 6.07) is 4.33. The number of nitrogens with zero attached hydrogens (tertiary/aromatic N) is 2. The van der Waals surface area contributed by atoms with Gasteiger partial charge in [-0.2, -0.15) is 5.10 Å². The van der Waals surface area contributed by atoms with Crippen LogP contribution < -0.4 is 10.6 Å². The topological polar surface area (TPSA) is 59.0 Å². The number of nitrogens with one attached hydrogen (secondary N) is 2. The van der Waals surface area contributed by atoms with E-state index in [1.165, 1.54) is 19.1 Å². The van der Waals surface area contributed by atoms with Gasteiger partial charge in [-0.15, -0.1) is 0 Å². The van der Waals surface area contributed by atoms with E-state index in [1.807, 2.05) is 20.2 Å². The fourth-order valence-electron chi connectivity index (χ4n) is 1.90. The van der Waals surface area contributed by atoms with Crippen molar-refractivity contribution in [2.24, 2.45) is 7.05 Å². The molecule has 1 unspecified atom stereocenters. The van der Waals surface area contributed by atoms with E-state index < -0.39 is 0 Å². The molecule has 1 atom stereocenters. The molecule has 0 saturated heterocycles. The molecule has 0 radical (unpaired) electrons. The summed E-state index contributed by atoms with van der Waals surface area (Å²) >= 11 is 0. The van der Waals surface area contributed by atoms with Crippen LogP contribution in [0.1, 0.15) is 25.5 Å². The Balaban J connectivity index is 2.17. The van der Waals surface area contributed by atoms with Crippen molar-refractivity contribution in [3.05, 3.63) is 42.0 Å². The smallest absolute Gasteiger partial charge is 0.221 e. The SMILES string of the molecule is CC(=O)Nc1ccc(F)c(NC(C)c2cnn(C)c2)c1. The van der Waals surface area contributed by atoms with Crippen molar-refractivity contribution in [3.8, 4) is 0 Å². The number of halogens is 1. The molecule has 1 aromatic heterocycles. The Morgan fingerprint density at radius 2 is 2.20 bits per heavy atom. The van der Waals surface area contributed by atoms with Gasteiger partial charge in [-0.3, -0.25) is 9.48 Å². The molecule has 2 N–H and O–H groups in total. The monoisotopic (exact) mass is 276 g/mol. The maximum absolute atomic E-state index is 13.8. The van der Waals surface area contributed by atoms with E-state index in [9.17, 15) is 9.18 Å². The third-order valence-electron chi connectivity index (χ3n) is 2.88. The van der Waals surface area contributed by atoms with Gasteiger partial charge in [0.15, 0.2) is 0 Å². The fourth-order valence-corrected chi connectivity index (χ4v) is 1.90. The molecule has 1 aromatic carbocycles. The van der Waals surface area contributed by atoms with Crippen molar-refractivity contribution in [1.82, 2.24) is 9.78 Å². The van der Waals surface area contributed by atoms with Crippen LogP contribution in [0.2, 0.25) is 0 Å². The second-order valence-corrected chi connectivity index (χ2v) is 4.69. The first-order valence-corrected chi connectivity index (χ1v) is 6.28. The number of hydrogen-bond acceptors (Lipinski definition) is 3. The second kappa shape index (κ2) is 5.73. The highest BCUT2D eigenvalue weighted by molar-refractivity contribution is 5.89. The number of carbonyl (C=O) groups excluding carboxylic acids is 1. The van der Waals surface area contributed by atoms with Crippen molar-refractivity contribution in [2.75, 3.05) is 10.6 Å². The summed E-state index contributed by atoms with van der Waals surface area (Å²) in [5.41, 5.74) is 1.85. The lowest BCUT2D eigenvalue weighted by atomic mass is 10.1. The van der Waals surface area contributed by atoms with E-state index in [2.05, 4.69) is 15.7 Å². The van der Waals surface area contributed by atoms with Gasteiger partial charge in [0.25, 0.3) is 0 Å². The van der Waals surface area contributed by atoms with Crippen LogP contribution in [0, 0.1) is 5.82 Å². The Labute approximate surface area is 116 Å². The molecule has 0 aliphatic rings. The highest BCUT2D eigenvalue weighted by atomic mass is 19.1. The summed E-state index contributed by atoms with van der Waals surface area (Å²) in [5.74, 6) is -0.558. The minimum Gasteiger partial charge on any atom is -0.376 e. The van der Waals surface area contributed by atoms with Gasteiger partial charge < -0.3 is 10.6 Å². The van der Waals surface area contributed by atoms with Gasteiger partial charge in [0.1, 0.15) is 5.82 Å². The van der Waals surface area contributed by atoms with Crippen LogP contribution in [0.3, 0.4) is 0 Å². The molecule has 0 saturated carbocycles. The van der Waals surface area contributed by atoms with Gasteiger partial charge in [0.05, 0.1) is 17.9 Å². The summed E-state index contributed by atoms with van der Waals surface area (Å²) in [6.07, 6.45) is 3.60. The van der Waals surface area contributed by atoms with Crippen LogP contribution in [0.25, 0.3) is 0 Å². The van der Waals surface area contributed by atoms with Crippen LogP contribution >= 0.6 is 0 Å². The van der Waals surface area contributed by atoms with Gasteiger partial charge in [-0.1, -0.05) is 0 Å². The molecule has 106 valence electrons. The zero-order chi connectivity index (χ0) is 14.7. The van der Waals surface area contributed by atoms with E-state index in [0.29, 0.717) is 11.4 Å². The molecule has 5 nitrogen and oxygen atoms in total.